The van der Waals surface area contributed by atoms with Gasteiger partial charge in [0.25, 0.3) is 0 Å². The van der Waals surface area contributed by atoms with Crippen LogP contribution in [-0.4, -0.2) is 20.2 Å². The molecule has 0 saturated heterocycles. The van der Waals surface area contributed by atoms with Crippen LogP contribution in [0.2, 0.25) is 5.02 Å². The van der Waals surface area contributed by atoms with Crippen LogP contribution >= 0.6 is 27.5 Å². The third-order valence-corrected chi connectivity index (χ3v) is 2.61. The highest BCUT2D eigenvalue weighted by Crippen LogP contribution is 2.21. The lowest BCUT2D eigenvalue weighted by molar-refractivity contribution is 0.124. The van der Waals surface area contributed by atoms with Gasteiger partial charge in [0.15, 0.2) is 0 Å². The van der Waals surface area contributed by atoms with Crippen molar-refractivity contribution in [2.24, 2.45) is 0 Å². The highest BCUT2D eigenvalue weighted by atomic mass is 79.9. The van der Waals surface area contributed by atoms with Crippen LogP contribution in [0.5, 0.6) is 0 Å². The molecule has 1 rings (SSSR count). The SMILES string of the molecule is CNCCOCc1ccc(Br)cc1Cl. The Kier molecular flexibility index (Phi) is 5.48. The summed E-state index contributed by atoms with van der Waals surface area (Å²) in [6, 6.07) is 5.80. The molecule has 14 heavy (non-hydrogen) atoms. The fraction of sp³-hybridized carbons (Fsp3) is 0.400. The summed E-state index contributed by atoms with van der Waals surface area (Å²) < 4.78 is 6.41. The smallest absolute Gasteiger partial charge is 0.0731 e. The molecule has 2 nitrogen and oxygen atoms in total. The van der Waals surface area contributed by atoms with E-state index in [1.165, 1.54) is 0 Å². The maximum absolute atomic E-state index is 6.02. The lowest BCUT2D eigenvalue weighted by Gasteiger charge is -2.06. The minimum absolute atomic E-state index is 0.563. The third kappa shape index (κ3) is 3.96. The first-order valence-corrected chi connectivity index (χ1v) is 5.57. The first-order valence-electron chi connectivity index (χ1n) is 4.40. The molecule has 1 N–H and O–H groups in total. The van der Waals surface area contributed by atoms with Gasteiger partial charge in [-0.1, -0.05) is 33.6 Å². The molecule has 0 bridgehead atoms. The van der Waals surface area contributed by atoms with Gasteiger partial charge in [0.05, 0.1) is 13.2 Å². The highest BCUT2D eigenvalue weighted by Gasteiger charge is 2.00. The van der Waals surface area contributed by atoms with E-state index < -0.39 is 0 Å². The molecule has 0 aliphatic carbocycles. The quantitative estimate of drug-likeness (QED) is 0.836. The topological polar surface area (TPSA) is 21.3 Å². The van der Waals surface area contributed by atoms with Gasteiger partial charge in [0, 0.05) is 16.0 Å². The van der Waals surface area contributed by atoms with Crippen molar-refractivity contribution < 1.29 is 4.74 Å². The molecule has 78 valence electrons. The Morgan fingerprint density at radius 2 is 2.29 bits per heavy atom. The Hall–Kier alpha value is -0.0900. The van der Waals surface area contributed by atoms with Gasteiger partial charge in [-0.15, -0.1) is 0 Å². The molecular weight excluding hydrogens is 265 g/mol. The summed E-state index contributed by atoms with van der Waals surface area (Å²) in [6.07, 6.45) is 0. The van der Waals surface area contributed by atoms with Crippen molar-refractivity contribution in [3.8, 4) is 0 Å². The number of halogens is 2. The lowest BCUT2D eigenvalue weighted by atomic mass is 10.2. The molecule has 0 heterocycles. The molecule has 0 radical (unpaired) electrons. The number of ether oxygens (including phenoxy) is 1. The molecule has 0 saturated carbocycles. The van der Waals surface area contributed by atoms with E-state index in [9.17, 15) is 0 Å². The van der Waals surface area contributed by atoms with Gasteiger partial charge < -0.3 is 10.1 Å². The zero-order valence-corrected chi connectivity index (χ0v) is 10.4. The molecule has 1 aromatic rings. The summed E-state index contributed by atoms with van der Waals surface area (Å²) in [6.45, 7) is 2.12. The summed E-state index contributed by atoms with van der Waals surface area (Å²) >= 11 is 9.37. The first kappa shape index (κ1) is 12.0. The van der Waals surface area contributed by atoms with Crippen LogP contribution in [0.1, 0.15) is 5.56 Å². The molecule has 0 aliphatic heterocycles. The van der Waals surface area contributed by atoms with E-state index in [0.29, 0.717) is 13.2 Å². The van der Waals surface area contributed by atoms with Crippen molar-refractivity contribution in [2.45, 2.75) is 6.61 Å². The van der Waals surface area contributed by atoms with Crippen LogP contribution in [0, 0.1) is 0 Å². The number of hydrogen-bond acceptors (Lipinski definition) is 2. The van der Waals surface area contributed by atoms with Crippen LogP contribution in [-0.2, 0) is 11.3 Å². The zero-order chi connectivity index (χ0) is 10.4. The van der Waals surface area contributed by atoms with E-state index in [-0.39, 0.29) is 0 Å². The average Bonchev–Trinajstić information content (AvgIpc) is 2.15. The predicted octanol–water partition coefficient (Wildman–Crippen LogP) is 2.84. The van der Waals surface area contributed by atoms with Crippen LogP contribution < -0.4 is 5.32 Å². The first-order chi connectivity index (χ1) is 6.74. The molecule has 0 spiro atoms. The number of rotatable bonds is 5. The Labute approximate surface area is 97.7 Å². The summed E-state index contributed by atoms with van der Waals surface area (Å²) in [4.78, 5) is 0. The second-order valence-corrected chi connectivity index (χ2v) is 4.21. The Bertz CT molecular complexity index is 293. The van der Waals surface area contributed by atoms with Crippen molar-refractivity contribution in [1.82, 2.24) is 5.32 Å². The molecule has 0 aliphatic rings. The van der Waals surface area contributed by atoms with Crippen molar-refractivity contribution in [2.75, 3.05) is 20.2 Å². The van der Waals surface area contributed by atoms with E-state index in [1.807, 2.05) is 25.2 Å². The molecule has 0 fully saturated rings. The molecular formula is C10H13BrClNO. The van der Waals surface area contributed by atoms with E-state index in [0.717, 1.165) is 21.6 Å². The third-order valence-electron chi connectivity index (χ3n) is 1.77. The Morgan fingerprint density at radius 3 is 2.93 bits per heavy atom. The number of likely N-dealkylation sites (N-methyl/N-ethyl adjacent to an activating group) is 1. The lowest BCUT2D eigenvalue weighted by Crippen LogP contribution is -2.14. The number of hydrogen-bond donors (Lipinski definition) is 1. The van der Waals surface area contributed by atoms with Gasteiger partial charge in [-0.05, 0) is 24.7 Å². The summed E-state index contributed by atoms with van der Waals surface area (Å²) in [7, 11) is 1.90. The van der Waals surface area contributed by atoms with Crippen LogP contribution in [0.3, 0.4) is 0 Å². The maximum atomic E-state index is 6.02. The molecule has 0 unspecified atom stereocenters. The molecule has 4 heteroatoms. The van der Waals surface area contributed by atoms with E-state index in [1.54, 1.807) is 0 Å². The van der Waals surface area contributed by atoms with Gasteiger partial charge in [0.1, 0.15) is 0 Å². The van der Waals surface area contributed by atoms with Gasteiger partial charge in [-0.2, -0.15) is 0 Å². The normalized spacial score (nSPS) is 10.5. The van der Waals surface area contributed by atoms with Crippen molar-refractivity contribution in [1.29, 1.82) is 0 Å². The van der Waals surface area contributed by atoms with Crippen molar-refractivity contribution in [3.63, 3.8) is 0 Å². The minimum atomic E-state index is 0.563. The van der Waals surface area contributed by atoms with Gasteiger partial charge >= 0.3 is 0 Å². The monoisotopic (exact) mass is 277 g/mol. The Morgan fingerprint density at radius 1 is 1.50 bits per heavy atom. The number of benzene rings is 1. The standard InChI is InChI=1S/C10H13BrClNO/c1-13-4-5-14-7-8-2-3-9(11)6-10(8)12/h2-3,6,13H,4-5,7H2,1H3. The van der Waals surface area contributed by atoms with Crippen LogP contribution in [0.15, 0.2) is 22.7 Å². The largest absolute Gasteiger partial charge is 0.375 e. The van der Waals surface area contributed by atoms with E-state index in [2.05, 4.69) is 21.2 Å². The fourth-order valence-electron chi connectivity index (χ4n) is 0.995. The summed E-state index contributed by atoms with van der Waals surface area (Å²) in [5.41, 5.74) is 1.02. The van der Waals surface area contributed by atoms with Crippen molar-refractivity contribution >= 4 is 27.5 Å². The molecule has 0 amide bonds. The summed E-state index contributed by atoms with van der Waals surface area (Å²) in [5.74, 6) is 0. The highest BCUT2D eigenvalue weighted by molar-refractivity contribution is 9.10. The fourth-order valence-corrected chi connectivity index (χ4v) is 1.72. The molecule has 0 atom stereocenters. The van der Waals surface area contributed by atoms with E-state index >= 15 is 0 Å². The van der Waals surface area contributed by atoms with Gasteiger partial charge in [-0.3, -0.25) is 0 Å². The second kappa shape index (κ2) is 6.40. The second-order valence-electron chi connectivity index (χ2n) is 2.89. The van der Waals surface area contributed by atoms with Crippen LogP contribution in [0.25, 0.3) is 0 Å². The van der Waals surface area contributed by atoms with Crippen molar-refractivity contribution in [3.05, 3.63) is 33.3 Å². The minimum Gasteiger partial charge on any atom is -0.375 e. The average molecular weight is 279 g/mol. The number of nitrogens with one attached hydrogen (secondary N) is 1. The molecule has 0 aromatic heterocycles. The predicted molar refractivity (Wildman–Crippen MR) is 62.7 cm³/mol. The maximum Gasteiger partial charge on any atom is 0.0731 e. The van der Waals surface area contributed by atoms with E-state index in [4.69, 9.17) is 16.3 Å². The summed E-state index contributed by atoms with van der Waals surface area (Å²) in [5, 5.41) is 3.75. The molecule has 1 aromatic carbocycles. The zero-order valence-electron chi connectivity index (χ0n) is 8.02. The van der Waals surface area contributed by atoms with Crippen LogP contribution in [0.4, 0.5) is 0 Å². The Balaban J connectivity index is 2.42. The van der Waals surface area contributed by atoms with Gasteiger partial charge in [-0.25, -0.2) is 0 Å². The van der Waals surface area contributed by atoms with Gasteiger partial charge in [0.2, 0.25) is 0 Å².